The summed E-state index contributed by atoms with van der Waals surface area (Å²) >= 11 is 0. The van der Waals surface area contributed by atoms with Crippen LogP contribution in [-0.4, -0.2) is 16.2 Å². The summed E-state index contributed by atoms with van der Waals surface area (Å²) in [5.74, 6) is 2.20. The lowest BCUT2D eigenvalue weighted by molar-refractivity contribution is 0.275. The van der Waals surface area contributed by atoms with E-state index in [-0.39, 0.29) is 11.5 Å². The number of hydrogen-bond donors (Lipinski definition) is 1. The molecule has 100 valence electrons. The number of aromatic nitrogens is 2. The Morgan fingerprint density at radius 2 is 1.94 bits per heavy atom. The average Bonchev–Trinajstić information content (AvgIpc) is 3.00. The van der Waals surface area contributed by atoms with Crippen molar-refractivity contribution < 1.29 is 4.52 Å². The lowest BCUT2D eigenvalue weighted by Gasteiger charge is -2.24. The minimum atomic E-state index is -0.0973. The molecule has 0 aromatic carbocycles. The zero-order chi connectivity index (χ0) is 12.6. The van der Waals surface area contributed by atoms with E-state index in [4.69, 9.17) is 10.3 Å². The quantitative estimate of drug-likeness (QED) is 0.875. The second-order valence-corrected chi connectivity index (χ2v) is 6.21. The molecule has 4 heteroatoms. The van der Waals surface area contributed by atoms with Crippen molar-refractivity contribution in [2.24, 2.45) is 5.73 Å². The van der Waals surface area contributed by atoms with E-state index in [2.05, 4.69) is 17.1 Å². The molecule has 2 aliphatic rings. The zero-order valence-corrected chi connectivity index (χ0v) is 11.2. The summed E-state index contributed by atoms with van der Waals surface area (Å²) in [5.41, 5.74) is 6.11. The predicted molar refractivity (Wildman–Crippen MR) is 69.3 cm³/mol. The first kappa shape index (κ1) is 12.2. The molecular formula is C14H23N3O. The smallest absolute Gasteiger partial charge is 0.234 e. The fourth-order valence-electron chi connectivity index (χ4n) is 3.45. The van der Waals surface area contributed by atoms with Crippen molar-refractivity contribution >= 4 is 0 Å². The maximum atomic E-state index is 6.21. The molecular weight excluding hydrogens is 226 g/mol. The highest BCUT2D eigenvalue weighted by Gasteiger charge is 2.43. The third-order valence-corrected chi connectivity index (χ3v) is 4.93. The van der Waals surface area contributed by atoms with Gasteiger partial charge in [0.1, 0.15) is 0 Å². The molecule has 0 bridgehead atoms. The van der Waals surface area contributed by atoms with Crippen LogP contribution in [0.15, 0.2) is 4.52 Å². The van der Waals surface area contributed by atoms with Gasteiger partial charge in [0.2, 0.25) is 5.89 Å². The van der Waals surface area contributed by atoms with Gasteiger partial charge in [-0.1, -0.05) is 30.8 Å². The molecule has 2 N–H and O–H groups in total. The summed E-state index contributed by atoms with van der Waals surface area (Å²) in [6, 6.07) is 0.164. The van der Waals surface area contributed by atoms with E-state index in [1.54, 1.807) is 0 Å². The van der Waals surface area contributed by atoms with Crippen molar-refractivity contribution in [1.29, 1.82) is 0 Å². The van der Waals surface area contributed by atoms with Gasteiger partial charge in [-0.2, -0.15) is 4.98 Å². The van der Waals surface area contributed by atoms with Crippen molar-refractivity contribution in [2.75, 3.05) is 0 Å². The maximum absolute atomic E-state index is 6.21. The lowest BCUT2D eigenvalue weighted by atomic mass is 9.85. The summed E-state index contributed by atoms with van der Waals surface area (Å²) < 4.78 is 5.53. The molecule has 1 aromatic heterocycles. The largest absolute Gasteiger partial charge is 0.339 e. The van der Waals surface area contributed by atoms with Crippen LogP contribution in [-0.2, 0) is 5.41 Å². The Labute approximate surface area is 108 Å². The van der Waals surface area contributed by atoms with Crippen LogP contribution in [0.2, 0.25) is 0 Å². The second kappa shape index (κ2) is 4.65. The van der Waals surface area contributed by atoms with Gasteiger partial charge in [0.25, 0.3) is 0 Å². The van der Waals surface area contributed by atoms with Gasteiger partial charge in [0.05, 0.1) is 5.41 Å². The van der Waals surface area contributed by atoms with Crippen LogP contribution in [0, 0.1) is 0 Å². The molecule has 2 fully saturated rings. The SMILES string of the molecule is CC1(c2nc(C3CCCCC3)no2)CCCC1N. The highest BCUT2D eigenvalue weighted by Crippen LogP contribution is 2.40. The first-order valence-electron chi connectivity index (χ1n) is 7.30. The monoisotopic (exact) mass is 249 g/mol. The van der Waals surface area contributed by atoms with Gasteiger partial charge >= 0.3 is 0 Å². The van der Waals surface area contributed by atoms with Gasteiger partial charge in [-0.15, -0.1) is 0 Å². The first-order valence-corrected chi connectivity index (χ1v) is 7.30. The highest BCUT2D eigenvalue weighted by atomic mass is 16.5. The third-order valence-electron chi connectivity index (χ3n) is 4.93. The van der Waals surface area contributed by atoms with Gasteiger partial charge < -0.3 is 10.3 Å². The molecule has 2 atom stereocenters. The van der Waals surface area contributed by atoms with Crippen LogP contribution >= 0.6 is 0 Å². The Kier molecular flexibility index (Phi) is 3.14. The molecule has 2 unspecified atom stereocenters. The summed E-state index contributed by atoms with van der Waals surface area (Å²) in [5, 5.41) is 4.22. The Balaban J connectivity index is 1.80. The molecule has 3 rings (SSSR count). The second-order valence-electron chi connectivity index (χ2n) is 6.21. The van der Waals surface area contributed by atoms with Gasteiger partial charge in [-0.3, -0.25) is 0 Å². The van der Waals surface area contributed by atoms with Crippen LogP contribution in [0.3, 0.4) is 0 Å². The predicted octanol–water partition coefficient (Wildman–Crippen LogP) is 2.89. The van der Waals surface area contributed by atoms with E-state index in [0.29, 0.717) is 5.92 Å². The van der Waals surface area contributed by atoms with Crippen LogP contribution in [0.1, 0.15) is 75.9 Å². The zero-order valence-electron chi connectivity index (χ0n) is 11.2. The van der Waals surface area contributed by atoms with Gasteiger partial charge in [0, 0.05) is 12.0 Å². The van der Waals surface area contributed by atoms with E-state index in [1.807, 2.05) is 0 Å². The molecule has 1 heterocycles. The van der Waals surface area contributed by atoms with Crippen molar-refractivity contribution in [3.8, 4) is 0 Å². The molecule has 2 saturated carbocycles. The number of nitrogens with two attached hydrogens (primary N) is 1. The van der Waals surface area contributed by atoms with Crippen LogP contribution in [0.4, 0.5) is 0 Å². The molecule has 0 aliphatic heterocycles. The van der Waals surface area contributed by atoms with Crippen LogP contribution in [0.25, 0.3) is 0 Å². The summed E-state index contributed by atoms with van der Waals surface area (Å²) in [6.07, 6.45) is 9.67. The van der Waals surface area contributed by atoms with Crippen LogP contribution < -0.4 is 5.73 Å². The van der Waals surface area contributed by atoms with Gasteiger partial charge in [0.15, 0.2) is 5.82 Å². The lowest BCUT2D eigenvalue weighted by Crippen LogP contribution is -2.38. The highest BCUT2D eigenvalue weighted by molar-refractivity contribution is 5.12. The molecule has 0 radical (unpaired) electrons. The Hall–Kier alpha value is -0.900. The summed E-state index contributed by atoms with van der Waals surface area (Å²) in [7, 11) is 0. The molecule has 0 saturated heterocycles. The van der Waals surface area contributed by atoms with E-state index in [0.717, 1.165) is 24.6 Å². The minimum Gasteiger partial charge on any atom is -0.339 e. The van der Waals surface area contributed by atoms with Crippen molar-refractivity contribution in [3.63, 3.8) is 0 Å². The Morgan fingerprint density at radius 1 is 1.17 bits per heavy atom. The topological polar surface area (TPSA) is 64.9 Å². The maximum Gasteiger partial charge on any atom is 0.234 e. The van der Waals surface area contributed by atoms with E-state index < -0.39 is 0 Å². The Bertz CT molecular complexity index is 411. The Morgan fingerprint density at radius 3 is 2.61 bits per heavy atom. The molecule has 0 spiro atoms. The van der Waals surface area contributed by atoms with Gasteiger partial charge in [-0.05, 0) is 32.6 Å². The van der Waals surface area contributed by atoms with Crippen molar-refractivity contribution in [2.45, 2.75) is 75.7 Å². The summed E-state index contributed by atoms with van der Waals surface area (Å²) in [4.78, 5) is 4.68. The fourth-order valence-corrected chi connectivity index (χ4v) is 3.45. The van der Waals surface area contributed by atoms with E-state index in [9.17, 15) is 0 Å². The fraction of sp³-hybridized carbons (Fsp3) is 0.857. The molecule has 4 nitrogen and oxygen atoms in total. The molecule has 18 heavy (non-hydrogen) atoms. The van der Waals surface area contributed by atoms with Crippen molar-refractivity contribution in [1.82, 2.24) is 10.1 Å². The molecule has 1 aromatic rings. The molecule has 2 aliphatic carbocycles. The minimum absolute atomic E-state index is 0.0973. The normalized spacial score (nSPS) is 34.0. The standard InChI is InChI=1S/C14H23N3O/c1-14(9-5-8-11(14)15)13-16-12(17-18-13)10-6-3-2-4-7-10/h10-11H,2-9,15H2,1H3. The number of hydrogen-bond acceptors (Lipinski definition) is 4. The number of nitrogens with zero attached hydrogens (tertiary/aromatic N) is 2. The average molecular weight is 249 g/mol. The van der Waals surface area contributed by atoms with Crippen LogP contribution in [0.5, 0.6) is 0 Å². The first-order chi connectivity index (χ1) is 8.70. The summed E-state index contributed by atoms with van der Waals surface area (Å²) in [6.45, 7) is 2.17. The van der Waals surface area contributed by atoms with E-state index in [1.165, 1.54) is 38.5 Å². The third kappa shape index (κ3) is 1.96. The van der Waals surface area contributed by atoms with Gasteiger partial charge in [-0.25, -0.2) is 0 Å². The van der Waals surface area contributed by atoms with E-state index >= 15 is 0 Å². The van der Waals surface area contributed by atoms with Crippen molar-refractivity contribution in [3.05, 3.63) is 11.7 Å². The number of rotatable bonds is 2. The molecule has 0 amide bonds.